The molecule has 4 heteroatoms. The Morgan fingerprint density at radius 2 is 1.15 bits per heavy atom. The van der Waals surface area contributed by atoms with Crippen LogP contribution >= 0.6 is 0 Å². The van der Waals surface area contributed by atoms with Crippen molar-refractivity contribution >= 4 is 11.6 Å². The molecule has 4 fully saturated rings. The predicted molar refractivity (Wildman–Crippen MR) is 99.6 cm³/mol. The standard InChI is InChI=1S/C22H35NO3/c1-19(2)15-7-9-21(19,5)17(24)13(15)11-23(26)12-14-16-8-10-22(6,18(14)25)20(16,3)4/h13-16,26H,7-12H2,1-6H3/t13-,14-,15+,16+,21-,22+/m1/s1. The minimum Gasteiger partial charge on any atom is -0.314 e. The van der Waals surface area contributed by atoms with Crippen LogP contribution in [-0.4, -0.2) is 34.9 Å². The average Bonchev–Trinajstić information content (AvgIpc) is 3.02. The topological polar surface area (TPSA) is 57.6 Å². The molecule has 4 rings (SSSR count). The Kier molecular flexibility index (Phi) is 3.72. The number of carbonyl (C=O) groups excluding carboxylic acids is 2. The van der Waals surface area contributed by atoms with Crippen LogP contribution in [0, 0.1) is 45.3 Å². The van der Waals surface area contributed by atoms with E-state index in [1.54, 1.807) is 0 Å². The van der Waals surface area contributed by atoms with Crippen molar-refractivity contribution in [3.8, 4) is 0 Å². The molecule has 4 aliphatic carbocycles. The zero-order chi connectivity index (χ0) is 19.3. The Balaban J connectivity index is 1.47. The molecular formula is C22H35NO3. The molecule has 0 spiro atoms. The Labute approximate surface area is 157 Å². The fraction of sp³-hybridized carbons (Fsp3) is 0.909. The van der Waals surface area contributed by atoms with Crippen LogP contribution in [0.3, 0.4) is 0 Å². The third-order valence-electron chi connectivity index (χ3n) is 10.2. The molecule has 4 aliphatic rings. The largest absolute Gasteiger partial charge is 0.314 e. The van der Waals surface area contributed by atoms with E-state index in [0.717, 1.165) is 25.7 Å². The van der Waals surface area contributed by atoms with Crippen molar-refractivity contribution in [2.24, 2.45) is 45.3 Å². The van der Waals surface area contributed by atoms with E-state index in [0.29, 0.717) is 36.5 Å². The van der Waals surface area contributed by atoms with Gasteiger partial charge in [-0.3, -0.25) is 9.59 Å². The zero-order valence-electron chi connectivity index (χ0n) is 17.3. The highest BCUT2D eigenvalue weighted by molar-refractivity contribution is 5.92. The Bertz CT molecular complexity index is 612. The van der Waals surface area contributed by atoms with Crippen molar-refractivity contribution in [1.82, 2.24) is 5.06 Å². The number of hydrogen-bond donors (Lipinski definition) is 1. The molecule has 6 atom stereocenters. The maximum absolute atomic E-state index is 13.0. The highest BCUT2D eigenvalue weighted by Gasteiger charge is 2.67. The summed E-state index contributed by atoms with van der Waals surface area (Å²) in [5.74, 6) is 1.16. The van der Waals surface area contributed by atoms with Gasteiger partial charge in [-0.2, -0.15) is 5.06 Å². The van der Waals surface area contributed by atoms with Gasteiger partial charge in [-0.25, -0.2) is 0 Å². The number of carbonyl (C=O) groups is 2. The molecule has 0 radical (unpaired) electrons. The fourth-order valence-corrected chi connectivity index (χ4v) is 7.50. The summed E-state index contributed by atoms with van der Waals surface area (Å²) < 4.78 is 0. The van der Waals surface area contributed by atoms with Crippen LogP contribution in [0.1, 0.15) is 67.2 Å². The van der Waals surface area contributed by atoms with Gasteiger partial charge in [0.1, 0.15) is 11.6 Å². The summed E-state index contributed by atoms with van der Waals surface area (Å²) in [6, 6.07) is 0. The summed E-state index contributed by atoms with van der Waals surface area (Å²) in [6.45, 7) is 13.9. The zero-order valence-corrected chi connectivity index (χ0v) is 17.3. The molecule has 26 heavy (non-hydrogen) atoms. The summed E-state index contributed by atoms with van der Waals surface area (Å²) in [7, 11) is 0. The van der Waals surface area contributed by atoms with E-state index < -0.39 is 0 Å². The summed E-state index contributed by atoms with van der Waals surface area (Å²) in [6.07, 6.45) is 4.09. The van der Waals surface area contributed by atoms with E-state index in [4.69, 9.17) is 0 Å². The molecule has 1 N–H and O–H groups in total. The first-order valence-corrected chi connectivity index (χ1v) is 10.4. The molecule has 0 aromatic carbocycles. The van der Waals surface area contributed by atoms with Crippen LogP contribution in [0.25, 0.3) is 0 Å². The molecule has 0 heterocycles. The summed E-state index contributed by atoms with van der Waals surface area (Å²) in [4.78, 5) is 26.0. The van der Waals surface area contributed by atoms with Crippen LogP contribution in [0.15, 0.2) is 0 Å². The average molecular weight is 362 g/mol. The van der Waals surface area contributed by atoms with E-state index in [-0.39, 0.29) is 33.5 Å². The number of nitrogens with zero attached hydrogens (tertiary/aromatic N) is 1. The maximum Gasteiger partial charge on any atom is 0.144 e. The van der Waals surface area contributed by atoms with Crippen LogP contribution < -0.4 is 0 Å². The highest BCUT2D eigenvalue weighted by atomic mass is 16.5. The quantitative estimate of drug-likeness (QED) is 0.770. The van der Waals surface area contributed by atoms with Crippen LogP contribution in [0.5, 0.6) is 0 Å². The lowest BCUT2D eigenvalue weighted by Gasteiger charge is -2.32. The summed E-state index contributed by atoms with van der Waals surface area (Å²) in [5.41, 5.74) is -0.484. The number of Topliss-reactive ketones (excluding diaryl/α,β-unsaturated/α-hetero) is 2. The number of hydroxylamine groups is 2. The van der Waals surface area contributed by atoms with E-state index in [1.807, 2.05) is 0 Å². The molecule has 4 bridgehead atoms. The first-order chi connectivity index (χ1) is 11.9. The normalized spacial score (nSPS) is 48.2. The molecule has 0 unspecified atom stereocenters. The second-order valence-corrected chi connectivity index (χ2v) is 11.2. The Morgan fingerprint density at radius 1 is 0.808 bits per heavy atom. The molecule has 0 aromatic rings. The summed E-state index contributed by atoms with van der Waals surface area (Å²) >= 11 is 0. The van der Waals surface area contributed by atoms with Crippen molar-refractivity contribution in [1.29, 1.82) is 0 Å². The van der Waals surface area contributed by atoms with Crippen molar-refractivity contribution in [3.63, 3.8) is 0 Å². The van der Waals surface area contributed by atoms with Crippen LogP contribution in [0.2, 0.25) is 0 Å². The van der Waals surface area contributed by atoms with Crippen molar-refractivity contribution in [3.05, 3.63) is 0 Å². The van der Waals surface area contributed by atoms with E-state index in [1.165, 1.54) is 5.06 Å². The van der Waals surface area contributed by atoms with Crippen LogP contribution in [-0.2, 0) is 9.59 Å². The third kappa shape index (κ3) is 1.93. The van der Waals surface area contributed by atoms with E-state index in [9.17, 15) is 14.8 Å². The van der Waals surface area contributed by atoms with Crippen molar-refractivity contribution < 1.29 is 14.8 Å². The van der Waals surface area contributed by atoms with Gasteiger partial charge in [0.15, 0.2) is 0 Å². The maximum atomic E-state index is 13.0. The molecule has 146 valence electrons. The summed E-state index contributed by atoms with van der Waals surface area (Å²) in [5, 5.41) is 12.0. The molecule has 0 saturated heterocycles. The van der Waals surface area contributed by atoms with Crippen molar-refractivity contribution in [2.45, 2.75) is 67.2 Å². The first kappa shape index (κ1) is 18.6. The second kappa shape index (κ2) is 5.20. The number of ketones is 2. The number of hydrogen-bond acceptors (Lipinski definition) is 4. The van der Waals surface area contributed by atoms with Gasteiger partial charge >= 0.3 is 0 Å². The molecule has 0 amide bonds. The lowest BCUT2D eigenvalue weighted by molar-refractivity contribution is -0.148. The lowest BCUT2D eigenvalue weighted by Crippen LogP contribution is -2.42. The van der Waals surface area contributed by atoms with Gasteiger partial charge < -0.3 is 5.21 Å². The van der Waals surface area contributed by atoms with Gasteiger partial charge in [-0.1, -0.05) is 41.5 Å². The van der Waals surface area contributed by atoms with E-state index in [2.05, 4.69) is 41.5 Å². The minimum atomic E-state index is -0.249. The SMILES string of the molecule is CC1(C)[C@H]2CC[C@@]1(C)C(=O)[C@@H]2CN(O)C[C@H]1C(=O)[C@@]2(C)CC[C@@H]1C2(C)C. The van der Waals surface area contributed by atoms with Crippen LogP contribution in [0.4, 0.5) is 0 Å². The number of fused-ring (bicyclic) bond motifs is 4. The second-order valence-electron chi connectivity index (χ2n) is 11.2. The molecule has 4 nitrogen and oxygen atoms in total. The Hall–Kier alpha value is -0.740. The molecule has 0 aromatic heterocycles. The van der Waals surface area contributed by atoms with E-state index >= 15 is 0 Å². The van der Waals surface area contributed by atoms with Gasteiger partial charge in [-0.15, -0.1) is 0 Å². The first-order valence-electron chi connectivity index (χ1n) is 10.4. The van der Waals surface area contributed by atoms with Gasteiger partial charge in [0, 0.05) is 35.8 Å². The highest BCUT2D eigenvalue weighted by Crippen LogP contribution is 2.67. The smallest absolute Gasteiger partial charge is 0.144 e. The van der Waals surface area contributed by atoms with Gasteiger partial charge in [0.05, 0.1) is 0 Å². The van der Waals surface area contributed by atoms with Crippen molar-refractivity contribution in [2.75, 3.05) is 13.1 Å². The minimum absolute atomic E-state index is 0.00725. The third-order valence-corrected chi connectivity index (χ3v) is 10.2. The lowest BCUT2D eigenvalue weighted by atomic mass is 9.70. The molecular weight excluding hydrogens is 326 g/mol. The number of rotatable bonds is 4. The Morgan fingerprint density at radius 3 is 1.42 bits per heavy atom. The fourth-order valence-electron chi connectivity index (χ4n) is 7.50. The molecule has 4 saturated carbocycles. The van der Waals surface area contributed by atoms with Gasteiger partial charge in [0.25, 0.3) is 0 Å². The molecule has 0 aliphatic heterocycles. The predicted octanol–water partition coefficient (Wildman–Crippen LogP) is 3.96. The monoisotopic (exact) mass is 361 g/mol. The van der Waals surface area contributed by atoms with Gasteiger partial charge in [0.2, 0.25) is 0 Å². The van der Waals surface area contributed by atoms with Gasteiger partial charge in [-0.05, 0) is 48.3 Å².